The standard InChI is InChI=1S/C11H20N2O6/c1-2-5-19-6-3-4-12-11(18)13-8(10(16)17)7-9(14)15/h8H,2-7H2,1H3,(H,14,15)(H,16,17)(H2,12,13,18)/t8-/m1/s1. The molecule has 0 rings (SSSR count). The summed E-state index contributed by atoms with van der Waals surface area (Å²) in [7, 11) is 0. The molecule has 0 heterocycles. The molecular weight excluding hydrogens is 256 g/mol. The van der Waals surface area contributed by atoms with Crippen molar-refractivity contribution in [2.75, 3.05) is 19.8 Å². The first-order valence-corrected chi connectivity index (χ1v) is 6.04. The molecule has 8 nitrogen and oxygen atoms in total. The number of hydrogen-bond acceptors (Lipinski definition) is 4. The van der Waals surface area contributed by atoms with Crippen molar-refractivity contribution in [2.45, 2.75) is 32.2 Å². The van der Waals surface area contributed by atoms with Crippen molar-refractivity contribution in [2.24, 2.45) is 0 Å². The first kappa shape index (κ1) is 17.2. The molecule has 0 fully saturated rings. The lowest BCUT2D eigenvalue weighted by Gasteiger charge is -2.13. The molecule has 8 heteroatoms. The van der Waals surface area contributed by atoms with Gasteiger partial charge >= 0.3 is 18.0 Å². The van der Waals surface area contributed by atoms with Gasteiger partial charge in [0.25, 0.3) is 0 Å². The van der Waals surface area contributed by atoms with Crippen LogP contribution < -0.4 is 10.6 Å². The fourth-order valence-electron chi connectivity index (χ4n) is 1.21. The lowest BCUT2D eigenvalue weighted by molar-refractivity contribution is -0.145. The Balaban J connectivity index is 3.81. The van der Waals surface area contributed by atoms with Crippen molar-refractivity contribution < 1.29 is 29.3 Å². The number of ether oxygens (including phenoxy) is 1. The van der Waals surface area contributed by atoms with E-state index in [1.807, 2.05) is 6.92 Å². The molecule has 0 unspecified atom stereocenters. The second-order valence-corrected chi connectivity index (χ2v) is 3.85. The zero-order valence-corrected chi connectivity index (χ0v) is 10.8. The van der Waals surface area contributed by atoms with E-state index in [2.05, 4.69) is 10.6 Å². The maximum atomic E-state index is 11.3. The Morgan fingerprint density at radius 3 is 2.42 bits per heavy atom. The van der Waals surface area contributed by atoms with Crippen LogP contribution in [0.3, 0.4) is 0 Å². The number of carbonyl (C=O) groups excluding carboxylic acids is 1. The van der Waals surface area contributed by atoms with Crippen molar-refractivity contribution in [3.8, 4) is 0 Å². The van der Waals surface area contributed by atoms with Gasteiger partial charge in [0, 0.05) is 19.8 Å². The van der Waals surface area contributed by atoms with Crippen molar-refractivity contribution >= 4 is 18.0 Å². The number of nitrogens with one attached hydrogen (secondary N) is 2. The summed E-state index contributed by atoms with van der Waals surface area (Å²) < 4.78 is 5.19. The third kappa shape index (κ3) is 9.83. The predicted molar refractivity (Wildman–Crippen MR) is 65.9 cm³/mol. The van der Waals surface area contributed by atoms with Crippen LogP contribution in [0, 0.1) is 0 Å². The summed E-state index contributed by atoms with van der Waals surface area (Å²) >= 11 is 0. The van der Waals surface area contributed by atoms with E-state index < -0.39 is 30.4 Å². The van der Waals surface area contributed by atoms with Crippen LogP contribution in [0.2, 0.25) is 0 Å². The largest absolute Gasteiger partial charge is 0.481 e. The summed E-state index contributed by atoms with van der Waals surface area (Å²) in [6.07, 6.45) is 0.857. The topological polar surface area (TPSA) is 125 Å². The van der Waals surface area contributed by atoms with Crippen LogP contribution in [0.1, 0.15) is 26.2 Å². The minimum absolute atomic E-state index is 0.328. The Kier molecular flexibility index (Phi) is 9.15. The van der Waals surface area contributed by atoms with Gasteiger partial charge in [0.2, 0.25) is 0 Å². The molecule has 1 atom stereocenters. The van der Waals surface area contributed by atoms with E-state index in [0.29, 0.717) is 26.2 Å². The monoisotopic (exact) mass is 276 g/mol. The number of amides is 2. The van der Waals surface area contributed by atoms with E-state index in [0.717, 1.165) is 6.42 Å². The van der Waals surface area contributed by atoms with Gasteiger partial charge in [-0.2, -0.15) is 0 Å². The number of carbonyl (C=O) groups is 3. The number of hydrogen-bond donors (Lipinski definition) is 4. The summed E-state index contributed by atoms with van der Waals surface area (Å²) in [5.41, 5.74) is 0. The normalized spacial score (nSPS) is 11.6. The van der Waals surface area contributed by atoms with Gasteiger partial charge in [-0.3, -0.25) is 4.79 Å². The van der Waals surface area contributed by atoms with Crippen molar-refractivity contribution in [3.63, 3.8) is 0 Å². The van der Waals surface area contributed by atoms with Crippen molar-refractivity contribution in [1.29, 1.82) is 0 Å². The van der Waals surface area contributed by atoms with Crippen LogP contribution in [0.4, 0.5) is 4.79 Å². The molecule has 110 valence electrons. The van der Waals surface area contributed by atoms with Crippen LogP contribution in [-0.2, 0) is 14.3 Å². The number of carboxylic acids is 2. The molecule has 0 aliphatic heterocycles. The smallest absolute Gasteiger partial charge is 0.326 e. The second-order valence-electron chi connectivity index (χ2n) is 3.85. The Morgan fingerprint density at radius 1 is 1.21 bits per heavy atom. The highest BCUT2D eigenvalue weighted by molar-refractivity contribution is 5.86. The van der Waals surface area contributed by atoms with Gasteiger partial charge in [0.05, 0.1) is 6.42 Å². The maximum Gasteiger partial charge on any atom is 0.326 e. The summed E-state index contributed by atoms with van der Waals surface area (Å²) in [4.78, 5) is 32.4. The molecule has 2 amide bonds. The number of carboxylic acid groups (broad SMARTS) is 2. The van der Waals surface area contributed by atoms with Gasteiger partial charge in [-0.25, -0.2) is 9.59 Å². The highest BCUT2D eigenvalue weighted by Crippen LogP contribution is 1.92. The summed E-state index contributed by atoms with van der Waals surface area (Å²) in [6.45, 7) is 3.48. The third-order valence-electron chi connectivity index (χ3n) is 2.08. The van der Waals surface area contributed by atoms with Crippen molar-refractivity contribution in [1.82, 2.24) is 10.6 Å². The van der Waals surface area contributed by atoms with E-state index in [1.165, 1.54) is 0 Å². The molecule has 0 radical (unpaired) electrons. The van der Waals surface area contributed by atoms with Crippen LogP contribution in [0.15, 0.2) is 0 Å². The van der Waals surface area contributed by atoms with E-state index in [-0.39, 0.29) is 0 Å². The molecule has 0 aromatic carbocycles. The van der Waals surface area contributed by atoms with Gasteiger partial charge in [0.15, 0.2) is 0 Å². The van der Waals surface area contributed by atoms with E-state index in [1.54, 1.807) is 0 Å². The average Bonchev–Trinajstić information content (AvgIpc) is 2.32. The SMILES string of the molecule is CCCOCCCNC(=O)N[C@H](CC(=O)O)C(=O)O. The number of urea groups is 1. The first-order chi connectivity index (χ1) is 8.97. The Bertz CT molecular complexity index is 308. The molecule has 0 saturated heterocycles. The van der Waals surface area contributed by atoms with Crippen LogP contribution in [0.5, 0.6) is 0 Å². The number of aliphatic carboxylic acids is 2. The quantitative estimate of drug-likeness (QED) is 0.417. The van der Waals surface area contributed by atoms with Gasteiger partial charge in [-0.05, 0) is 12.8 Å². The van der Waals surface area contributed by atoms with Crippen LogP contribution in [-0.4, -0.2) is 54.0 Å². The molecule has 4 N–H and O–H groups in total. The molecule has 0 spiro atoms. The highest BCUT2D eigenvalue weighted by Gasteiger charge is 2.22. The minimum atomic E-state index is -1.44. The fourth-order valence-corrected chi connectivity index (χ4v) is 1.21. The molecule has 0 saturated carbocycles. The van der Waals surface area contributed by atoms with Gasteiger partial charge in [0.1, 0.15) is 6.04 Å². The molecule has 19 heavy (non-hydrogen) atoms. The fraction of sp³-hybridized carbons (Fsp3) is 0.727. The molecule has 0 aromatic rings. The third-order valence-corrected chi connectivity index (χ3v) is 2.08. The molecule has 0 aliphatic carbocycles. The van der Waals surface area contributed by atoms with Gasteiger partial charge < -0.3 is 25.6 Å². The van der Waals surface area contributed by atoms with E-state index >= 15 is 0 Å². The van der Waals surface area contributed by atoms with Crippen LogP contribution >= 0.6 is 0 Å². The Labute approximate surface area is 111 Å². The van der Waals surface area contributed by atoms with Crippen molar-refractivity contribution in [3.05, 3.63) is 0 Å². The highest BCUT2D eigenvalue weighted by atomic mass is 16.5. The minimum Gasteiger partial charge on any atom is -0.481 e. The molecule has 0 aliphatic rings. The summed E-state index contributed by atoms with van der Waals surface area (Å²) in [5, 5.41) is 21.7. The van der Waals surface area contributed by atoms with E-state index in [4.69, 9.17) is 14.9 Å². The number of rotatable bonds is 10. The average molecular weight is 276 g/mol. The predicted octanol–water partition coefficient (Wildman–Crippen LogP) is 0.0302. The summed E-state index contributed by atoms with van der Waals surface area (Å²) in [5.74, 6) is -2.68. The zero-order chi connectivity index (χ0) is 14.7. The van der Waals surface area contributed by atoms with Gasteiger partial charge in [-0.1, -0.05) is 6.92 Å². The van der Waals surface area contributed by atoms with E-state index in [9.17, 15) is 14.4 Å². The Morgan fingerprint density at radius 2 is 1.89 bits per heavy atom. The first-order valence-electron chi connectivity index (χ1n) is 6.04. The molecule has 0 aromatic heterocycles. The Hall–Kier alpha value is -1.83. The lowest BCUT2D eigenvalue weighted by Crippen LogP contribution is -2.47. The van der Waals surface area contributed by atoms with Gasteiger partial charge in [-0.15, -0.1) is 0 Å². The van der Waals surface area contributed by atoms with Crippen LogP contribution in [0.25, 0.3) is 0 Å². The molecular formula is C11H20N2O6. The molecule has 0 bridgehead atoms. The lowest BCUT2D eigenvalue weighted by atomic mass is 10.2. The zero-order valence-electron chi connectivity index (χ0n) is 10.8. The maximum absolute atomic E-state index is 11.3. The summed E-state index contributed by atoms with van der Waals surface area (Å²) in [6, 6.07) is -2.14. The second kappa shape index (κ2) is 10.1.